The van der Waals surface area contributed by atoms with Crippen molar-refractivity contribution < 1.29 is 4.79 Å². The summed E-state index contributed by atoms with van der Waals surface area (Å²) in [7, 11) is 0. The molecule has 28 heavy (non-hydrogen) atoms. The summed E-state index contributed by atoms with van der Waals surface area (Å²) < 4.78 is 1.93. The van der Waals surface area contributed by atoms with Crippen LogP contribution < -0.4 is 5.32 Å². The fourth-order valence-corrected chi connectivity index (χ4v) is 3.28. The molecule has 0 aliphatic carbocycles. The van der Waals surface area contributed by atoms with Crippen molar-refractivity contribution >= 4 is 17.1 Å². The van der Waals surface area contributed by atoms with E-state index in [1.54, 1.807) is 12.5 Å². The van der Waals surface area contributed by atoms with Crippen molar-refractivity contribution in [2.75, 3.05) is 6.54 Å². The topological polar surface area (TPSA) is 59.8 Å². The second-order valence-corrected chi connectivity index (χ2v) is 6.81. The van der Waals surface area contributed by atoms with Crippen molar-refractivity contribution in [3.05, 3.63) is 89.9 Å². The Morgan fingerprint density at radius 1 is 1.04 bits per heavy atom. The molecular formula is C23H22N4O. The fraction of sp³-hybridized carbons (Fsp3) is 0.174. The van der Waals surface area contributed by atoms with Gasteiger partial charge in [-0.3, -0.25) is 9.36 Å². The van der Waals surface area contributed by atoms with Crippen molar-refractivity contribution in [1.29, 1.82) is 0 Å². The van der Waals surface area contributed by atoms with E-state index >= 15 is 0 Å². The maximum atomic E-state index is 12.6. The van der Waals surface area contributed by atoms with Crippen LogP contribution in [-0.2, 0) is 6.42 Å². The number of hydrogen-bond donors (Lipinski definition) is 1. The molecular weight excluding hydrogens is 348 g/mol. The van der Waals surface area contributed by atoms with Crippen LogP contribution in [0.2, 0.25) is 0 Å². The third-order valence-corrected chi connectivity index (χ3v) is 4.81. The number of rotatable bonds is 6. The first-order valence-corrected chi connectivity index (χ1v) is 9.43. The molecule has 2 heterocycles. The van der Waals surface area contributed by atoms with Gasteiger partial charge in [0, 0.05) is 18.3 Å². The minimum atomic E-state index is -0.0632. The van der Waals surface area contributed by atoms with E-state index in [2.05, 4.69) is 27.4 Å². The fourth-order valence-electron chi connectivity index (χ4n) is 3.28. The number of amides is 1. The predicted molar refractivity (Wildman–Crippen MR) is 111 cm³/mol. The van der Waals surface area contributed by atoms with E-state index < -0.39 is 0 Å². The first-order chi connectivity index (χ1) is 13.7. The van der Waals surface area contributed by atoms with Gasteiger partial charge in [0.1, 0.15) is 11.8 Å². The molecule has 0 spiro atoms. The maximum absolute atomic E-state index is 12.6. The molecule has 0 unspecified atom stereocenters. The van der Waals surface area contributed by atoms with Crippen molar-refractivity contribution in [1.82, 2.24) is 19.9 Å². The molecule has 0 atom stereocenters. The first kappa shape index (κ1) is 17.9. The summed E-state index contributed by atoms with van der Waals surface area (Å²) in [6.07, 6.45) is 5.36. The van der Waals surface area contributed by atoms with Crippen molar-refractivity contribution in [2.45, 2.75) is 19.8 Å². The molecule has 0 saturated heterocycles. The molecule has 1 N–H and O–H groups in total. The molecule has 0 bridgehead atoms. The molecule has 2 aromatic carbocycles. The summed E-state index contributed by atoms with van der Waals surface area (Å²) >= 11 is 0. The van der Waals surface area contributed by atoms with E-state index in [0.29, 0.717) is 12.1 Å². The summed E-state index contributed by atoms with van der Waals surface area (Å²) in [5.74, 6) is -0.0632. The van der Waals surface area contributed by atoms with E-state index in [9.17, 15) is 4.79 Å². The third kappa shape index (κ3) is 3.78. The maximum Gasteiger partial charge on any atom is 0.251 e. The van der Waals surface area contributed by atoms with Crippen molar-refractivity contribution in [2.24, 2.45) is 0 Å². The van der Waals surface area contributed by atoms with Gasteiger partial charge in [-0.25, -0.2) is 9.97 Å². The lowest BCUT2D eigenvalue weighted by Gasteiger charge is -2.11. The Kier molecular flexibility index (Phi) is 5.15. The van der Waals surface area contributed by atoms with Crippen LogP contribution in [0.25, 0.3) is 16.9 Å². The summed E-state index contributed by atoms with van der Waals surface area (Å²) in [5.41, 5.74) is 5.51. The van der Waals surface area contributed by atoms with Crippen LogP contribution >= 0.6 is 0 Å². The Morgan fingerprint density at radius 3 is 2.75 bits per heavy atom. The van der Waals surface area contributed by atoms with Gasteiger partial charge >= 0.3 is 0 Å². The monoisotopic (exact) mass is 370 g/mol. The Bertz CT molecular complexity index is 1100. The van der Waals surface area contributed by atoms with Crippen LogP contribution in [0.1, 0.15) is 27.9 Å². The van der Waals surface area contributed by atoms with Gasteiger partial charge in [-0.05, 0) is 55.2 Å². The SMILES string of the molecule is Cc1ccc(C(=O)NCCCc2ccccc2)cc1-n1cnc2cccnc21. The highest BCUT2D eigenvalue weighted by Gasteiger charge is 2.12. The average Bonchev–Trinajstić information content (AvgIpc) is 3.16. The molecule has 5 heteroatoms. The number of carbonyl (C=O) groups is 1. The van der Waals surface area contributed by atoms with Crippen LogP contribution in [0.3, 0.4) is 0 Å². The molecule has 4 rings (SSSR count). The number of nitrogens with zero attached hydrogens (tertiary/aromatic N) is 3. The molecule has 140 valence electrons. The number of nitrogens with one attached hydrogen (secondary N) is 1. The van der Waals surface area contributed by atoms with Gasteiger partial charge in [-0.1, -0.05) is 36.4 Å². The molecule has 0 radical (unpaired) electrons. The van der Waals surface area contributed by atoms with Crippen LogP contribution in [0.4, 0.5) is 0 Å². The van der Waals surface area contributed by atoms with Gasteiger partial charge in [-0.2, -0.15) is 0 Å². The number of benzene rings is 2. The zero-order chi connectivity index (χ0) is 19.3. The lowest BCUT2D eigenvalue weighted by Crippen LogP contribution is -2.25. The molecule has 0 fully saturated rings. The third-order valence-electron chi connectivity index (χ3n) is 4.81. The van der Waals surface area contributed by atoms with E-state index in [1.807, 2.05) is 60.0 Å². The van der Waals surface area contributed by atoms with Crippen LogP contribution in [0, 0.1) is 6.92 Å². The highest BCUT2D eigenvalue weighted by atomic mass is 16.1. The second kappa shape index (κ2) is 8.05. The van der Waals surface area contributed by atoms with Crippen LogP contribution in [0.5, 0.6) is 0 Å². The molecule has 5 nitrogen and oxygen atoms in total. The zero-order valence-corrected chi connectivity index (χ0v) is 15.8. The number of pyridine rings is 1. The Morgan fingerprint density at radius 2 is 1.89 bits per heavy atom. The van der Waals surface area contributed by atoms with Gasteiger partial charge in [0.15, 0.2) is 5.65 Å². The Hall–Kier alpha value is -3.47. The molecule has 0 aliphatic heterocycles. The molecule has 0 saturated carbocycles. The summed E-state index contributed by atoms with van der Waals surface area (Å²) in [5, 5.41) is 3.02. The number of hydrogen-bond acceptors (Lipinski definition) is 3. The first-order valence-electron chi connectivity index (χ1n) is 9.43. The van der Waals surface area contributed by atoms with Gasteiger partial charge in [0.2, 0.25) is 0 Å². The van der Waals surface area contributed by atoms with Gasteiger partial charge in [-0.15, -0.1) is 0 Å². The highest BCUT2D eigenvalue weighted by molar-refractivity contribution is 5.95. The molecule has 1 amide bonds. The normalized spacial score (nSPS) is 10.9. The number of fused-ring (bicyclic) bond motifs is 1. The zero-order valence-electron chi connectivity index (χ0n) is 15.8. The predicted octanol–water partition coefficient (Wildman–Crippen LogP) is 4.09. The van der Waals surface area contributed by atoms with Crippen molar-refractivity contribution in [3.63, 3.8) is 0 Å². The number of aromatic nitrogens is 3. The minimum Gasteiger partial charge on any atom is -0.352 e. The summed E-state index contributed by atoms with van der Waals surface area (Å²) in [4.78, 5) is 21.4. The Labute approximate surface area is 164 Å². The van der Waals surface area contributed by atoms with Crippen LogP contribution in [-0.4, -0.2) is 27.0 Å². The average molecular weight is 370 g/mol. The Balaban J connectivity index is 1.46. The smallest absolute Gasteiger partial charge is 0.251 e. The summed E-state index contributed by atoms with van der Waals surface area (Å²) in [6, 6.07) is 19.8. The second-order valence-electron chi connectivity index (χ2n) is 6.81. The number of imidazole rings is 1. The quantitative estimate of drug-likeness (QED) is 0.520. The van der Waals surface area contributed by atoms with Gasteiger partial charge < -0.3 is 5.32 Å². The molecule has 4 aromatic rings. The minimum absolute atomic E-state index is 0.0632. The lowest BCUT2D eigenvalue weighted by molar-refractivity contribution is 0.0953. The van der Waals surface area contributed by atoms with E-state index in [-0.39, 0.29) is 5.91 Å². The van der Waals surface area contributed by atoms with E-state index in [4.69, 9.17) is 0 Å². The van der Waals surface area contributed by atoms with Gasteiger partial charge in [0.05, 0.1) is 5.69 Å². The van der Waals surface area contributed by atoms with Crippen LogP contribution in [0.15, 0.2) is 73.2 Å². The van der Waals surface area contributed by atoms with Crippen molar-refractivity contribution in [3.8, 4) is 5.69 Å². The highest BCUT2D eigenvalue weighted by Crippen LogP contribution is 2.20. The molecule has 2 aromatic heterocycles. The molecule has 0 aliphatic rings. The lowest BCUT2D eigenvalue weighted by atomic mass is 10.1. The largest absolute Gasteiger partial charge is 0.352 e. The standard InChI is InChI=1S/C23H22N4O/c1-17-11-12-19(23(28)25-14-5-9-18-7-3-2-4-8-18)15-21(17)27-16-26-20-10-6-13-24-22(20)27/h2-4,6-8,10-13,15-16H,5,9,14H2,1H3,(H,25,28). The van der Waals surface area contributed by atoms with E-state index in [0.717, 1.165) is 35.3 Å². The van der Waals surface area contributed by atoms with Gasteiger partial charge in [0.25, 0.3) is 5.91 Å². The number of aryl methyl sites for hydroxylation is 2. The summed E-state index contributed by atoms with van der Waals surface area (Å²) in [6.45, 7) is 2.66. The van der Waals surface area contributed by atoms with E-state index in [1.165, 1.54) is 5.56 Å². The number of carbonyl (C=O) groups excluding carboxylic acids is 1.